The molecular weight excluding hydrogens is 336 g/mol. The van der Waals surface area contributed by atoms with E-state index in [9.17, 15) is 0 Å². The number of hydrogen-bond acceptors (Lipinski definition) is 7. The first kappa shape index (κ1) is 17.5. The third-order valence-corrected chi connectivity index (χ3v) is 4.97. The van der Waals surface area contributed by atoms with Gasteiger partial charge in [-0.1, -0.05) is 12.1 Å². The van der Waals surface area contributed by atoms with Crippen LogP contribution < -0.4 is 4.74 Å². The Balaban J connectivity index is 1.60. The van der Waals surface area contributed by atoms with Crippen LogP contribution in [-0.4, -0.2) is 26.9 Å². The van der Waals surface area contributed by atoms with Crippen molar-refractivity contribution >= 4 is 11.3 Å². The first-order chi connectivity index (χ1) is 12.1. The maximum Gasteiger partial charge on any atom is 0.223 e. The highest BCUT2D eigenvalue weighted by molar-refractivity contribution is 7.11. The number of hydrogen-bond donors (Lipinski definition) is 0. The van der Waals surface area contributed by atoms with E-state index >= 15 is 0 Å². The predicted octanol–water partition coefficient (Wildman–Crippen LogP) is 4.09. The molecule has 0 saturated carbocycles. The molecule has 0 unspecified atom stereocenters. The summed E-state index contributed by atoms with van der Waals surface area (Å²) in [5.74, 6) is 2.10. The average molecular weight is 358 g/mol. The molecule has 0 radical (unpaired) electrons. The molecule has 1 aromatic carbocycles. The molecule has 0 aliphatic rings. The van der Waals surface area contributed by atoms with Crippen molar-refractivity contribution in [3.8, 4) is 17.1 Å². The lowest BCUT2D eigenvalue weighted by Crippen LogP contribution is -2.02. The van der Waals surface area contributed by atoms with E-state index < -0.39 is 0 Å². The monoisotopic (exact) mass is 358 g/mol. The maximum atomic E-state index is 6.01. The van der Waals surface area contributed by atoms with E-state index in [1.54, 1.807) is 18.3 Å². The Morgan fingerprint density at radius 1 is 1.08 bits per heavy atom. The lowest BCUT2D eigenvalue weighted by atomic mass is 10.1. The molecule has 0 atom stereocenters. The molecule has 3 rings (SSSR count). The van der Waals surface area contributed by atoms with Crippen LogP contribution in [0.1, 0.15) is 40.4 Å². The Bertz CT molecular complexity index is 833. The lowest BCUT2D eigenvalue weighted by molar-refractivity contribution is 0.307. The molecule has 0 bridgehead atoms. The summed E-state index contributed by atoms with van der Waals surface area (Å²) in [6.45, 7) is 8.62. The van der Waals surface area contributed by atoms with Gasteiger partial charge in [-0.15, -0.1) is 21.5 Å². The minimum Gasteiger partial charge on any atom is -0.493 e. The van der Waals surface area contributed by atoms with E-state index in [2.05, 4.69) is 27.3 Å². The summed E-state index contributed by atoms with van der Waals surface area (Å²) in [5, 5.41) is 14.5. The van der Waals surface area contributed by atoms with Crippen molar-refractivity contribution in [1.29, 1.82) is 0 Å². The second-order valence-electron chi connectivity index (χ2n) is 5.97. The molecule has 0 spiro atoms. The van der Waals surface area contributed by atoms with Crippen molar-refractivity contribution in [3.63, 3.8) is 0 Å². The van der Waals surface area contributed by atoms with Gasteiger partial charge in [0.05, 0.1) is 6.61 Å². The normalized spacial score (nSPS) is 11.0. The van der Waals surface area contributed by atoms with Gasteiger partial charge in [0.1, 0.15) is 15.8 Å². The van der Waals surface area contributed by atoms with Gasteiger partial charge in [-0.3, -0.25) is 0 Å². The topological polar surface area (TPSA) is 73.9 Å². The summed E-state index contributed by atoms with van der Waals surface area (Å²) >= 11 is 1.69. The van der Waals surface area contributed by atoms with E-state index in [1.807, 2.05) is 26.0 Å². The summed E-state index contributed by atoms with van der Waals surface area (Å²) < 4.78 is 11.1. The van der Waals surface area contributed by atoms with Gasteiger partial charge in [0.25, 0.3) is 0 Å². The third-order valence-electron chi connectivity index (χ3n) is 3.84. The first-order valence-electron chi connectivity index (χ1n) is 8.42. The predicted molar refractivity (Wildman–Crippen MR) is 97.0 cm³/mol. The summed E-state index contributed by atoms with van der Waals surface area (Å²) in [4.78, 5) is 4.28. The largest absolute Gasteiger partial charge is 0.493 e. The van der Waals surface area contributed by atoms with Crippen molar-refractivity contribution in [3.05, 3.63) is 39.2 Å². The van der Waals surface area contributed by atoms with Gasteiger partial charge in [0.15, 0.2) is 0 Å². The van der Waals surface area contributed by atoms with E-state index in [0.717, 1.165) is 51.7 Å². The molecule has 3 aromatic rings. The standard InChI is InChI=1S/C18H22N4O2S/c1-5-15-20-21-16(25-15)7-6-8-23-17-11(2)9-14(10-12(17)3)18-19-13(4)24-22-18/h9-10H,5-8H2,1-4H3. The van der Waals surface area contributed by atoms with Gasteiger partial charge >= 0.3 is 0 Å². The molecular formula is C18H22N4O2S. The molecule has 132 valence electrons. The zero-order valence-corrected chi connectivity index (χ0v) is 15.8. The molecule has 0 aliphatic heterocycles. The fourth-order valence-corrected chi connectivity index (χ4v) is 3.48. The highest BCUT2D eigenvalue weighted by Crippen LogP contribution is 2.29. The van der Waals surface area contributed by atoms with Crippen molar-refractivity contribution in [2.45, 2.75) is 47.0 Å². The Morgan fingerprint density at radius 3 is 2.40 bits per heavy atom. The lowest BCUT2D eigenvalue weighted by Gasteiger charge is -2.13. The van der Waals surface area contributed by atoms with Gasteiger partial charge in [0.2, 0.25) is 11.7 Å². The Labute approximate surface area is 151 Å². The highest BCUT2D eigenvalue weighted by atomic mass is 32.1. The van der Waals surface area contributed by atoms with Gasteiger partial charge in [-0.2, -0.15) is 4.98 Å². The van der Waals surface area contributed by atoms with Gasteiger partial charge in [0, 0.05) is 18.9 Å². The van der Waals surface area contributed by atoms with E-state index in [4.69, 9.17) is 9.26 Å². The Morgan fingerprint density at radius 2 is 1.80 bits per heavy atom. The van der Waals surface area contributed by atoms with Crippen LogP contribution in [0.2, 0.25) is 0 Å². The van der Waals surface area contributed by atoms with Gasteiger partial charge < -0.3 is 9.26 Å². The van der Waals surface area contributed by atoms with E-state index in [-0.39, 0.29) is 0 Å². The van der Waals surface area contributed by atoms with Crippen LogP contribution in [0.5, 0.6) is 5.75 Å². The number of aromatic nitrogens is 4. The van der Waals surface area contributed by atoms with Crippen molar-refractivity contribution in [2.24, 2.45) is 0 Å². The minimum atomic E-state index is 0.563. The highest BCUT2D eigenvalue weighted by Gasteiger charge is 2.12. The molecule has 25 heavy (non-hydrogen) atoms. The number of nitrogens with zero attached hydrogens (tertiary/aromatic N) is 4. The zero-order valence-electron chi connectivity index (χ0n) is 15.0. The molecule has 7 heteroatoms. The molecule has 2 heterocycles. The Kier molecular flexibility index (Phi) is 5.43. The number of aryl methyl sites for hydroxylation is 5. The molecule has 0 amide bonds. The maximum absolute atomic E-state index is 6.01. The molecule has 0 fully saturated rings. The fraction of sp³-hybridized carbons (Fsp3) is 0.444. The first-order valence-corrected chi connectivity index (χ1v) is 9.24. The van der Waals surface area contributed by atoms with Crippen LogP contribution in [0.15, 0.2) is 16.7 Å². The van der Waals surface area contributed by atoms with Crippen molar-refractivity contribution in [1.82, 2.24) is 20.3 Å². The number of benzene rings is 1. The SMILES string of the molecule is CCc1nnc(CCCOc2c(C)cc(-c3noc(C)n3)cc2C)s1. The fourth-order valence-electron chi connectivity index (χ4n) is 2.65. The minimum absolute atomic E-state index is 0.563. The molecule has 2 aromatic heterocycles. The smallest absolute Gasteiger partial charge is 0.223 e. The van der Waals surface area contributed by atoms with Crippen LogP contribution in [0.4, 0.5) is 0 Å². The summed E-state index contributed by atoms with van der Waals surface area (Å²) in [6.07, 6.45) is 2.76. The second-order valence-corrected chi connectivity index (χ2v) is 7.12. The average Bonchev–Trinajstić information content (AvgIpc) is 3.22. The molecule has 0 aliphatic carbocycles. The van der Waals surface area contributed by atoms with E-state index in [0.29, 0.717) is 18.3 Å². The van der Waals surface area contributed by atoms with Crippen molar-refractivity contribution in [2.75, 3.05) is 6.61 Å². The number of ether oxygens (including phenoxy) is 1. The van der Waals surface area contributed by atoms with Gasteiger partial charge in [-0.05, 0) is 49.9 Å². The Hall–Kier alpha value is -2.28. The van der Waals surface area contributed by atoms with E-state index in [1.165, 1.54) is 0 Å². The van der Waals surface area contributed by atoms with Crippen LogP contribution in [0.25, 0.3) is 11.4 Å². The molecule has 0 N–H and O–H groups in total. The van der Waals surface area contributed by atoms with Crippen LogP contribution >= 0.6 is 11.3 Å². The third kappa shape index (κ3) is 4.22. The van der Waals surface area contributed by atoms with Crippen LogP contribution in [-0.2, 0) is 12.8 Å². The van der Waals surface area contributed by atoms with Crippen LogP contribution in [0, 0.1) is 20.8 Å². The van der Waals surface area contributed by atoms with Crippen LogP contribution in [0.3, 0.4) is 0 Å². The summed E-state index contributed by atoms with van der Waals surface area (Å²) in [6, 6.07) is 4.07. The summed E-state index contributed by atoms with van der Waals surface area (Å²) in [7, 11) is 0. The van der Waals surface area contributed by atoms with Crippen molar-refractivity contribution < 1.29 is 9.26 Å². The second kappa shape index (κ2) is 7.74. The molecule has 6 nitrogen and oxygen atoms in total. The quantitative estimate of drug-likeness (QED) is 0.592. The zero-order chi connectivity index (χ0) is 17.8. The molecule has 0 saturated heterocycles. The summed E-state index contributed by atoms with van der Waals surface area (Å²) in [5.41, 5.74) is 3.09. The number of rotatable bonds is 7. The van der Waals surface area contributed by atoms with Gasteiger partial charge in [-0.25, -0.2) is 0 Å².